The van der Waals surface area contributed by atoms with E-state index in [1.807, 2.05) is 0 Å². The van der Waals surface area contributed by atoms with Gasteiger partial charge in [0, 0.05) is 14.2 Å². The quantitative estimate of drug-likeness (QED) is 0.235. The number of ether oxygens (including phenoxy) is 5. The minimum Gasteiger partial charge on any atom is -0.493 e. The molecular formula is C16H20O7. The Morgan fingerprint density at radius 3 is 2.04 bits per heavy atom. The van der Waals surface area contributed by atoms with Crippen molar-refractivity contribution < 1.29 is 33.3 Å². The van der Waals surface area contributed by atoms with E-state index >= 15 is 0 Å². The lowest BCUT2D eigenvalue weighted by atomic mass is 10.1. The van der Waals surface area contributed by atoms with E-state index in [0.29, 0.717) is 17.1 Å². The highest BCUT2D eigenvalue weighted by Crippen LogP contribution is 2.28. The highest BCUT2D eigenvalue weighted by Gasteiger charge is 2.27. The average Bonchev–Trinajstić information content (AvgIpc) is 2.59. The van der Waals surface area contributed by atoms with Crippen LogP contribution in [0.15, 0.2) is 23.8 Å². The van der Waals surface area contributed by atoms with E-state index in [1.54, 1.807) is 18.2 Å². The lowest BCUT2D eigenvalue weighted by Gasteiger charge is -2.13. The number of rotatable bonds is 8. The molecule has 0 bridgehead atoms. The van der Waals surface area contributed by atoms with Crippen molar-refractivity contribution in [1.29, 1.82) is 0 Å². The van der Waals surface area contributed by atoms with E-state index in [-0.39, 0.29) is 5.57 Å². The van der Waals surface area contributed by atoms with Crippen LogP contribution in [0.25, 0.3) is 6.08 Å². The van der Waals surface area contributed by atoms with Crippen molar-refractivity contribution in [2.45, 2.75) is 6.29 Å². The van der Waals surface area contributed by atoms with Gasteiger partial charge in [0.2, 0.25) is 12.1 Å². The molecule has 7 nitrogen and oxygen atoms in total. The third-order valence-electron chi connectivity index (χ3n) is 3.03. The molecule has 0 amide bonds. The highest BCUT2D eigenvalue weighted by atomic mass is 16.7. The minimum absolute atomic E-state index is 0.201. The summed E-state index contributed by atoms with van der Waals surface area (Å²) in [5, 5.41) is 0. The van der Waals surface area contributed by atoms with Crippen molar-refractivity contribution in [2.24, 2.45) is 0 Å². The number of hydrogen-bond acceptors (Lipinski definition) is 7. The molecule has 1 aromatic carbocycles. The number of carbonyl (C=O) groups excluding carboxylic acids is 2. The zero-order valence-corrected chi connectivity index (χ0v) is 13.7. The molecule has 1 aromatic rings. The smallest absolute Gasteiger partial charge is 0.341 e. The summed E-state index contributed by atoms with van der Waals surface area (Å²) in [4.78, 5) is 24.2. The molecule has 0 aliphatic heterocycles. The second-order valence-corrected chi connectivity index (χ2v) is 4.33. The first-order chi connectivity index (χ1) is 11.0. The lowest BCUT2D eigenvalue weighted by molar-refractivity contribution is -0.155. The van der Waals surface area contributed by atoms with Gasteiger partial charge in [-0.2, -0.15) is 0 Å². The van der Waals surface area contributed by atoms with Gasteiger partial charge in [0.15, 0.2) is 11.5 Å². The van der Waals surface area contributed by atoms with Gasteiger partial charge in [-0.05, 0) is 23.8 Å². The molecule has 0 saturated carbocycles. The molecule has 0 heterocycles. The SMILES string of the molecule is COC(=O)/C(=C\c1ccc(OC)c(OC)c1)C(=O)C(OC)OC. The number of ketones is 1. The molecule has 0 fully saturated rings. The van der Waals surface area contributed by atoms with E-state index in [4.69, 9.17) is 18.9 Å². The van der Waals surface area contributed by atoms with Crippen LogP contribution in [0.5, 0.6) is 11.5 Å². The third kappa shape index (κ3) is 4.54. The Kier molecular flexibility index (Phi) is 7.24. The van der Waals surface area contributed by atoms with Gasteiger partial charge >= 0.3 is 5.97 Å². The fraction of sp³-hybridized carbons (Fsp3) is 0.375. The van der Waals surface area contributed by atoms with Crippen LogP contribution in [-0.2, 0) is 23.8 Å². The standard InChI is InChI=1S/C16H20O7/c1-19-12-7-6-10(9-13(12)20-2)8-11(15(18)21-3)14(17)16(22-4)23-5/h6-9,16H,1-5H3/b11-8-. The molecular weight excluding hydrogens is 304 g/mol. The second-order valence-electron chi connectivity index (χ2n) is 4.33. The number of methoxy groups -OCH3 is 5. The fourth-order valence-corrected chi connectivity index (χ4v) is 1.89. The Hall–Kier alpha value is -2.38. The topological polar surface area (TPSA) is 80.3 Å². The summed E-state index contributed by atoms with van der Waals surface area (Å²) >= 11 is 0. The maximum atomic E-state index is 12.3. The van der Waals surface area contributed by atoms with Crippen LogP contribution in [-0.4, -0.2) is 53.6 Å². The predicted octanol–water partition coefficient (Wildman–Crippen LogP) is 1.45. The Morgan fingerprint density at radius 1 is 0.957 bits per heavy atom. The van der Waals surface area contributed by atoms with Crippen LogP contribution >= 0.6 is 0 Å². The van der Waals surface area contributed by atoms with Crippen molar-refractivity contribution in [1.82, 2.24) is 0 Å². The Balaban J connectivity index is 3.29. The third-order valence-corrected chi connectivity index (χ3v) is 3.03. The van der Waals surface area contributed by atoms with Gasteiger partial charge in [0.05, 0.1) is 21.3 Å². The molecule has 0 aliphatic rings. The average molecular weight is 324 g/mol. The molecule has 7 heteroatoms. The molecule has 0 aliphatic carbocycles. The second kappa shape index (κ2) is 8.92. The number of benzene rings is 1. The first kappa shape index (κ1) is 18.7. The van der Waals surface area contributed by atoms with E-state index in [2.05, 4.69) is 4.74 Å². The van der Waals surface area contributed by atoms with Crippen LogP contribution < -0.4 is 9.47 Å². The van der Waals surface area contributed by atoms with Crippen LogP contribution in [0, 0.1) is 0 Å². The number of carbonyl (C=O) groups is 2. The fourth-order valence-electron chi connectivity index (χ4n) is 1.89. The molecule has 0 saturated heterocycles. The van der Waals surface area contributed by atoms with Gasteiger partial charge in [-0.3, -0.25) is 4.79 Å². The van der Waals surface area contributed by atoms with Crippen LogP contribution in [0.2, 0.25) is 0 Å². The van der Waals surface area contributed by atoms with E-state index in [1.165, 1.54) is 41.6 Å². The van der Waals surface area contributed by atoms with Gasteiger partial charge in [-0.1, -0.05) is 6.07 Å². The predicted molar refractivity (Wildman–Crippen MR) is 82.4 cm³/mol. The van der Waals surface area contributed by atoms with Crippen LogP contribution in [0.1, 0.15) is 5.56 Å². The first-order valence-corrected chi connectivity index (χ1v) is 6.64. The largest absolute Gasteiger partial charge is 0.493 e. The van der Waals surface area contributed by atoms with Crippen molar-refractivity contribution in [3.05, 3.63) is 29.3 Å². The number of Topliss-reactive ketones (excluding diaryl/α,β-unsaturated/α-hetero) is 1. The monoisotopic (exact) mass is 324 g/mol. The summed E-state index contributed by atoms with van der Waals surface area (Å²) in [6.07, 6.45) is 0.182. The Labute approximate surface area is 134 Å². The van der Waals surface area contributed by atoms with Crippen molar-refractivity contribution in [2.75, 3.05) is 35.5 Å². The molecule has 0 N–H and O–H groups in total. The zero-order valence-electron chi connectivity index (χ0n) is 13.7. The van der Waals surface area contributed by atoms with Crippen molar-refractivity contribution in [3.8, 4) is 11.5 Å². The van der Waals surface area contributed by atoms with Crippen molar-refractivity contribution >= 4 is 17.8 Å². The van der Waals surface area contributed by atoms with E-state index in [0.717, 1.165) is 0 Å². The summed E-state index contributed by atoms with van der Waals surface area (Å²) in [6, 6.07) is 4.96. The van der Waals surface area contributed by atoms with Gasteiger partial charge in [0.1, 0.15) is 5.57 Å². The molecule has 0 spiro atoms. The summed E-state index contributed by atoms with van der Waals surface area (Å²) in [5.74, 6) is -0.435. The summed E-state index contributed by atoms with van der Waals surface area (Å²) in [7, 11) is 6.80. The van der Waals surface area contributed by atoms with Gasteiger partial charge in [-0.15, -0.1) is 0 Å². The summed E-state index contributed by atoms with van der Waals surface area (Å²) in [5.41, 5.74) is 0.357. The van der Waals surface area contributed by atoms with Crippen LogP contribution in [0.3, 0.4) is 0 Å². The van der Waals surface area contributed by atoms with Gasteiger partial charge in [0.25, 0.3) is 0 Å². The molecule has 126 valence electrons. The maximum absolute atomic E-state index is 12.3. The summed E-state index contributed by atoms with van der Waals surface area (Å²) in [6.45, 7) is 0. The Morgan fingerprint density at radius 2 is 1.57 bits per heavy atom. The van der Waals surface area contributed by atoms with E-state index < -0.39 is 18.0 Å². The lowest BCUT2D eigenvalue weighted by Crippen LogP contribution is -2.29. The first-order valence-electron chi connectivity index (χ1n) is 6.64. The molecule has 0 unspecified atom stereocenters. The summed E-state index contributed by atoms with van der Waals surface area (Å²) < 4.78 is 24.8. The molecule has 0 radical (unpaired) electrons. The normalized spacial score (nSPS) is 11.3. The highest BCUT2D eigenvalue weighted by molar-refractivity contribution is 6.21. The Bertz CT molecular complexity index is 588. The van der Waals surface area contributed by atoms with Gasteiger partial charge in [-0.25, -0.2) is 4.79 Å². The number of esters is 1. The zero-order chi connectivity index (χ0) is 17.4. The number of hydrogen-bond donors (Lipinski definition) is 0. The maximum Gasteiger partial charge on any atom is 0.341 e. The van der Waals surface area contributed by atoms with Crippen molar-refractivity contribution in [3.63, 3.8) is 0 Å². The molecule has 1 rings (SSSR count). The molecule has 23 heavy (non-hydrogen) atoms. The van der Waals surface area contributed by atoms with Crippen LogP contribution in [0.4, 0.5) is 0 Å². The molecule has 0 aromatic heterocycles. The van der Waals surface area contributed by atoms with Gasteiger partial charge < -0.3 is 23.7 Å². The molecule has 0 atom stereocenters. The minimum atomic E-state index is -1.19. The van der Waals surface area contributed by atoms with E-state index in [9.17, 15) is 9.59 Å².